The van der Waals surface area contributed by atoms with Crippen molar-refractivity contribution in [3.63, 3.8) is 0 Å². The van der Waals surface area contributed by atoms with Gasteiger partial charge in [-0.2, -0.15) is 0 Å². The molecule has 2 heteroatoms. The summed E-state index contributed by atoms with van der Waals surface area (Å²) < 4.78 is 0. The van der Waals surface area contributed by atoms with Crippen LogP contribution in [0.4, 0.5) is 5.69 Å². The maximum absolute atomic E-state index is 3.68. The van der Waals surface area contributed by atoms with Crippen LogP contribution in [0.2, 0.25) is 0 Å². The Hall–Kier alpha value is -1.80. The molecule has 0 radical (unpaired) electrons. The summed E-state index contributed by atoms with van der Waals surface area (Å²) in [6, 6.07) is 18.3. The predicted molar refractivity (Wildman–Crippen MR) is 89.9 cm³/mol. The SMILES string of the molecule is Cc1cccc(N2CC(c3ccccc3)NCC2C)c1C. The first-order chi connectivity index (χ1) is 10.2. The zero-order valence-electron chi connectivity index (χ0n) is 13.1. The Balaban J connectivity index is 1.89. The van der Waals surface area contributed by atoms with Gasteiger partial charge in [0.2, 0.25) is 0 Å². The van der Waals surface area contributed by atoms with Crippen molar-refractivity contribution in [3.05, 3.63) is 65.2 Å². The smallest absolute Gasteiger partial charge is 0.0499 e. The minimum atomic E-state index is 0.405. The van der Waals surface area contributed by atoms with Gasteiger partial charge in [0.1, 0.15) is 0 Å². The summed E-state index contributed by atoms with van der Waals surface area (Å²) in [5.74, 6) is 0. The second-order valence-electron chi connectivity index (χ2n) is 6.09. The maximum atomic E-state index is 3.68. The predicted octanol–water partition coefficient (Wildman–Crippen LogP) is 3.84. The molecule has 2 atom stereocenters. The van der Waals surface area contributed by atoms with Crippen molar-refractivity contribution in [2.75, 3.05) is 18.0 Å². The third-order valence-electron chi connectivity index (χ3n) is 4.66. The van der Waals surface area contributed by atoms with Crippen molar-refractivity contribution < 1.29 is 0 Å². The van der Waals surface area contributed by atoms with Crippen LogP contribution < -0.4 is 10.2 Å². The van der Waals surface area contributed by atoms with E-state index in [1.165, 1.54) is 22.4 Å². The van der Waals surface area contributed by atoms with Gasteiger partial charge in [-0.05, 0) is 43.5 Å². The van der Waals surface area contributed by atoms with Crippen LogP contribution in [-0.4, -0.2) is 19.1 Å². The lowest BCUT2D eigenvalue weighted by atomic mass is 9.99. The molecule has 1 heterocycles. The molecule has 2 nitrogen and oxygen atoms in total. The standard InChI is InChI=1S/C19H24N2/c1-14-8-7-11-19(16(14)3)21-13-18(20-12-15(21)2)17-9-5-4-6-10-17/h4-11,15,18,20H,12-13H2,1-3H3. The van der Waals surface area contributed by atoms with E-state index in [2.05, 4.69) is 79.5 Å². The van der Waals surface area contributed by atoms with E-state index in [0.29, 0.717) is 12.1 Å². The molecule has 1 N–H and O–H groups in total. The third-order valence-corrected chi connectivity index (χ3v) is 4.66. The van der Waals surface area contributed by atoms with Crippen LogP contribution in [0, 0.1) is 13.8 Å². The van der Waals surface area contributed by atoms with Gasteiger partial charge in [-0.25, -0.2) is 0 Å². The normalized spacial score (nSPS) is 22.3. The van der Waals surface area contributed by atoms with Crippen LogP contribution in [0.3, 0.4) is 0 Å². The summed E-state index contributed by atoms with van der Waals surface area (Å²) in [4.78, 5) is 2.55. The molecule has 2 aromatic rings. The van der Waals surface area contributed by atoms with E-state index >= 15 is 0 Å². The van der Waals surface area contributed by atoms with E-state index in [1.807, 2.05) is 0 Å². The second-order valence-corrected chi connectivity index (χ2v) is 6.09. The van der Waals surface area contributed by atoms with Crippen molar-refractivity contribution in [3.8, 4) is 0 Å². The van der Waals surface area contributed by atoms with Gasteiger partial charge in [-0.1, -0.05) is 42.5 Å². The number of anilines is 1. The summed E-state index contributed by atoms with van der Waals surface area (Å²) in [7, 11) is 0. The molecule has 1 saturated heterocycles. The van der Waals surface area contributed by atoms with E-state index in [-0.39, 0.29) is 0 Å². The van der Waals surface area contributed by atoms with Crippen molar-refractivity contribution in [2.24, 2.45) is 0 Å². The summed E-state index contributed by atoms with van der Waals surface area (Å²) in [6.45, 7) is 8.77. The van der Waals surface area contributed by atoms with Crippen LogP contribution in [-0.2, 0) is 0 Å². The molecule has 0 aliphatic carbocycles. The lowest BCUT2D eigenvalue weighted by Crippen LogP contribution is -2.51. The Morgan fingerprint density at radius 1 is 1.00 bits per heavy atom. The number of nitrogens with zero attached hydrogens (tertiary/aromatic N) is 1. The van der Waals surface area contributed by atoms with Gasteiger partial charge in [0.05, 0.1) is 0 Å². The van der Waals surface area contributed by atoms with Gasteiger partial charge in [0.25, 0.3) is 0 Å². The fourth-order valence-electron chi connectivity index (χ4n) is 3.16. The fourth-order valence-corrected chi connectivity index (χ4v) is 3.16. The lowest BCUT2D eigenvalue weighted by Gasteiger charge is -2.41. The van der Waals surface area contributed by atoms with Gasteiger partial charge in [0.15, 0.2) is 0 Å². The molecule has 0 bridgehead atoms. The zero-order valence-corrected chi connectivity index (χ0v) is 13.1. The highest BCUT2D eigenvalue weighted by atomic mass is 15.2. The number of nitrogens with one attached hydrogen (secondary N) is 1. The highest BCUT2D eigenvalue weighted by molar-refractivity contribution is 5.57. The second kappa shape index (κ2) is 5.90. The van der Waals surface area contributed by atoms with Gasteiger partial charge in [-0.3, -0.25) is 0 Å². The Labute approximate surface area is 127 Å². The van der Waals surface area contributed by atoms with Crippen LogP contribution in [0.1, 0.15) is 29.7 Å². The number of hydrogen-bond donors (Lipinski definition) is 1. The first-order valence-electron chi connectivity index (χ1n) is 7.78. The van der Waals surface area contributed by atoms with Gasteiger partial charge < -0.3 is 10.2 Å². The minimum absolute atomic E-state index is 0.405. The van der Waals surface area contributed by atoms with Crippen molar-refractivity contribution >= 4 is 5.69 Å². The monoisotopic (exact) mass is 280 g/mol. The molecule has 2 aromatic carbocycles. The highest BCUT2D eigenvalue weighted by Crippen LogP contribution is 2.29. The number of aryl methyl sites for hydroxylation is 1. The van der Waals surface area contributed by atoms with Crippen LogP contribution in [0.15, 0.2) is 48.5 Å². The maximum Gasteiger partial charge on any atom is 0.0499 e. The van der Waals surface area contributed by atoms with Gasteiger partial charge in [-0.15, -0.1) is 0 Å². The van der Waals surface area contributed by atoms with Crippen molar-refractivity contribution in [2.45, 2.75) is 32.9 Å². The van der Waals surface area contributed by atoms with E-state index in [4.69, 9.17) is 0 Å². The molecule has 21 heavy (non-hydrogen) atoms. The number of benzene rings is 2. The third kappa shape index (κ3) is 2.81. The summed E-state index contributed by atoms with van der Waals surface area (Å²) in [6.07, 6.45) is 0. The first-order valence-corrected chi connectivity index (χ1v) is 7.78. The van der Waals surface area contributed by atoms with E-state index in [0.717, 1.165) is 13.1 Å². The summed E-state index contributed by atoms with van der Waals surface area (Å²) >= 11 is 0. The Morgan fingerprint density at radius 2 is 1.76 bits per heavy atom. The van der Waals surface area contributed by atoms with E-state index < -0.39 is 0 Å². The van der Waals surface area contributed by atoms with Crippen LogP contribution in [0.25, 0.3) is 0 Å². The number of piperazine rings is 1. The summed E-state index contributed by atoms with van der Waals surface area (Å²) in [5, 5.41) is 3.68. The zero-order chi connectivity index (χ0) is 14.8. The summed E-state index contributed by atoms with van der Waals surface area (Å²) in [5.41, 5.74) is 5.53. The number of rotatable bonds is 2. The Bertz CT molecular complexity index is 606. The first kappa shape index (κ1) is 14.2. The Morgan fingerprint density at radius 3 is 2.52 bits per heavy atom. The fraction of sp³-hybridized carbons (Fsp3) is 0.368. The highest BCUT2D eigenvalue weighted by Gasteiger charge is 2.26. The van der Waals surface area contributed by atoms with Crippen molar-refractivity contribution in [1.82, 2.24) is 5.32 Å². The molecule has 1 aliphatic heterocycles. The van der Waals surface area contributed by atoms with Crippen LogP contribution >= 0.6 is 0 Å². The largest absolute Gasteiger partial charge is 0.365 e. The molecule has 110 valence electrons. The average molecular weight is 280 g/mol. The van der Waals surface area contributed by atoms with Gasteiger partial charge in [0, 0.05) is 30.9 Å². The van der Waals surface area contributed by atoms with E-state index in [9.17, 15) is 0 Å². The molecular formula is C19H24N2. The topological polar surface area (TPSA) is 15.3 Å². The quantitative estimate of drug-likeness (QED) is 0.899. The molecule has 1 aliphatic rings. The molecular weight excluding hydrogens is 256 g/mol. The number of hydrogen-bond acceptors (Lipinski definition) is 2. The van der Waals surface area contributed by atoms with Gasteiger partial charge >= 0.3 is 0 Å². The molecule has 0 amide bonds. The molecule has 1 fully saturated rings. The average Bonchev–Trinajstić information content (AvgIpc) is 2.52. The van der Waals surface area contributed by atoms with E-state index in [1.54, 1.807) is 0 Å². The molecule has 0 saturated carbocycles. The lowest BCUT2D eigenvalue weighted by molar-refractivity contribution is 0.414. The van der Waals surface area contributed by atoms with Crippen molar-refractivity contribution in [1.29, 1.82) is 0 Å². The molecule has 0 aromatic heterocycles. The Kier molecular flexibility index (Phi) is 3.98. The van der Waals surface area contributed by atoms with Crippen LogP contribution in [0.5, 0.6) is 0 Å². The molecule has 2 unspecified atom stereocenters. The molecule has 3 rings (SSSR count). The minimum Gasteiger partial charge on any atom is -0.365 e. The molecule has 0 spiro atoms.